The van der Waals surface area contributed by atoms with E-state index in [9.17, 15) is 8.78 Å². The van der Waals surface area contributed by atoms with Crippen LogP contribution in [0.2, 0.25) is 18.1 Å². The molecular weight excluding hydrogens is 450 g/mol. The van der Waals surface area contributed by atoms with Crippen LogP contribution in [0.4, 0.5) is 8.78 Å². The first-order valence-electron chi connectivity index (χ1n) is 13.7. The second-order valence-electron chi connectivity index (χ2n) is 11.1. The van der Waals surface area contributed by atoms with Gasteiger partial charge in [-0.3, -0.25) is 0 Å². The molecule has 184 valence electrons. The van der Waals surface area contributed by atoms with E-state index in [1.807, 2.05) is 0 Å². The van der Waals surface area contributed by atoms with E-state index >= 15 is 0 Å². The van der Waals surface area contributed by atoms with Crippen molar-refractivity contribution in [1.82, 2.24) is 0 Å². The van der Waals surface area contributed by atoms with Crippen molar-refractivity contribution in [3.05, 3.63) is 90.0 Å². The van der Waals surface area contributed by atoms with Crippen molar-refractivity contribution < 1.29 is 8.78 Å². The van der Waals surface area contributed by atoms with Gasteiger partial charge < -0.3 is 0 Å². The molecule has 5 rings (SSSR count). The second kappa shape index (κ2) is 10.8. The minimum atomic E-state index is -1.31. The molecule has 1 aliphatic heterocycles. The van der Waals surface area contributed by atoms with Crippen LogP contribution in [0.1, 0.15) is 63.4 Å². The Bertz CT molecular complexity index is 1090. The molecule has 0 amide bonds. The molecule has 0 bridgehead atoms. The highest BCUT2D eigenvalue weighted by Gasteiger charge is 2.40. The molecular formula is C32H38F2Si. The smallest absolute Gasteiger partial charge is 0.159 e. The summed E-state index contributed by atoms with van der Waals surface area (Å²) in [4.78, 5) is 0. The van der Waals surface area contributed by atoms with Crippen molar-refractivity contribution in [2.75, 3.05) is 0 Å². The van der Waals surface area contributed by atoms with Crippen LogP contribution in [-0.4, -0.2) is 8.07 Å². The molecule has 1 aliphatic carbocycles. The normalized spacial score (nSPS) is 27.0. The summed E-state index contributed by atoms with van der Waals surface area (Å²) in [5, 5.41) is 1.70. The van der Waals surface area contributed by atoms with Crippen LogP contribution in [0.3, 0.4) is 0 Å². The third kappa shape index (κ3) is 5.30. The molecule has 0 aromatic heterocycles. The summed E-state index contributed by atoms with van der Waals surface area (Å²) in [6, 6.07) is 28.6. The number of halogens is 2. The molecule has 1 saturated carbocycles. The Morgan fingerprint density at radius 1 is 0.686 bits per heavy atom. The van der Waals surface area contributed by atoms with Gasteiger partial charge in [0.25, 0.3) is 0 Å². The number of hydrogen-bond donors (Lipinski definition) is 0. The van der Waals surface area contributed by atoms with Gasteiger partial charge in [-0.1, -0.05) is 110 Å². The maximum Gasteiger partial charge on any atom is 0.159 e. The van der Waals surface area contributed by atoms with Crippen LogP contribution < -0.4 is 5.19 Å². The minimum Gasteiger partial charge on any atom is -0.204 e. The van der Waals surface area contributed by atoms with E-state index in [2.05, 4.69) is 61.5 Å². The van der Waals surface area contributed by atoms with Gasteiger partial charge in [0.1, 0.15) is 0 Å². The van der Waals surface area contributed by atoms with Gasteiger partial charge in [0, 0.05) is 0 Å². The van der Waals surface area contributed by atoms with E-state index in [4.69, 9.17) is 0 Å². The summed E-state index contributed by atoms with van der Waals surface area (Å²) >= 11 is 0. The predicted octanol–water partition coefficient (Wildman–Crippen LogP) is 9.08. The molecule has 0 radical (unpaired) electrons. The Labute approximate surface area is 210 Å². The topological polar surface area (TPSA) is 0 Å². The lowest BCUT2D eigenvalue weighted by Crippen LogP contribution is -2.50. The Morgan fingerprint density at radius 2 is 1.31 bits per heavy atom. The fourth-order valence-electron chi connectivity index (χ4n) is 7.16. The lowest BCUT2D eigenvalue weighted by molar-refractivity contribution is 0.215. The molecule has 0 unspecified atom stereocenters. The number of benzene rings is 3. The van der Waals surface area contributed by atoms with Crippen molar-refractivity contribution in [3.63, 3.8) is 0 Å². The van der Waals surface area contributed by atoms with Gasteiger partial charge in [-0.05, 0) is 72.3 Å². The highest BCUT2D eigenvalue weighted by Crippen LogP contribution is 2.46. The maximum atomic E-state index is 13.6. The SMILES string of the molecule is CCC[Si]1(c2ccccc2)CCC([C@H]2CC[C@H](c3ccc(-c4ccc(F)c(F)c4)cc3)CC2)CC1. The zero-order chi connectivity index (χ0) is 24.3. The van der Waals surface area contributed by atoms with Crippen molar-refractivity contribution in [2.45, 2.75) is 75.9 Å². The average Bonchev–Trinajstić information content (AvgIpc) is 2.92. The average molecular weight is 489 g/mol. The van der Waals surface area contributed by atoms with Gasteiger partial charge in [0.05, 0.1) is 8.07 Å². The van der Waals surface area contributed by atoms with Crippen LogP contribution in [0, 0.1) is 23.5 Å². The molecule has 3 aromatic carbocycles. The fraction of sp³-hybridized carbons (Fsp3) is 0.438. The predicted molar refractivity (Wildman–Crippen MR) is 146 cm³/mol. The standard InChI is InChI=1S/C32H38F2Si/c1-2-20-35(30-6-4-3-5-7-30)21-18-28(19-22-35)26-10-8-24(9-11-26)25-12-14-27(15-13-25)29-16-17-31(33)32(34)23-29/h3-7,12-17,23-24,26,28H,2,8-11,18-22H2,1H3/t24-,26-,28?,35?. The van der Waals surface area contributed by atoms with Gasteiger partial charge in [-0.15, -0.1) is 0 Å². The quantitative estimate of drug-likeness (QED) is 0.304. The molecule has 3 heteroatoms. The molecule has 0 spiro atoms. The Morgan fingerprint density at radius 3 is 1.94 bits per heavy atom. The van der Waals surface area contributed by atoms with Crippen molar-refractivity contribution in [2.24, 2.45) is 11.8 Å². The zero-order valence-corrected chi connectivity index (χ0v) is 22.0. The van der Waals surface area contributed by atoms with Gasteiger partial charge in [-0.25, -0.2) is 8.78 Å². The summed E-state index contributed by atoms with van der Waals surface area (Å²) in [7, 11) is -1.31. The van der Waals surface area contributed by atoms with Crippen molar-refractivity contribution in [3.8, 4) is 11.1 Å². The minimum absolute atomic E-state index is 0.631. The first kappa shape index (κ1) is 24.4. The monoisotopic (exact) mass is 488 g/mol. The lowest BCUT2D eigenvalue weighted by Gasteiger charge is -2.43. The fourth-order valence-corrected chi connectivity index (χ4v) is 12.5. The van der Waals surface area contributed by atoms with Crippen LogP contribution >= 0.6 is 0 Å². The molecule has 2 aliphatic rings. The molecule has 35 heavy (non-hydrogen) atoms. The molecule has 0 atom stereocenters. The Balaban J connectivity index is 1.17. The molecule has 1 heterocycles. The highest BCUT2D eigenvalue weighted by molar-refractivity contribution is 6.92. The van der Waals surface area contributed by atoms with E-state index in [-0.39, 0.29) is 0 Å². The third-order valence-corrected chi connectivity index (χ3v) is 14.7. The van der Waals surface area contributed by atoms with E-state index in [1.54, 1.807) is 11.3 Å². The highest BCUT2D eigenvalue weighted by atomic mass is 28.3. The van der Waals surface area contributed by atoms with Crippen LogP contribution in [0.15, 0.2) is 72.8 Å². The van der Waals surface area contributed by atoms with Crippen molar-refractivity contribution in [1.29, 1.82) is 0 Å². The van der Waals surface area contributed by atoms with E-state index in [0.29, 0.717) is 5.92 Å². The lowest BCUT2D eigenvalue weighted by atomic mass is 9.72. The van der Waals surface area contributed by atoms with Gasteiger partial charge in [-0.2, -0.15) is 0 Å². The van der Waals surface area contributed by atoms with E-state index in [0.717, 1.165) is 23.0 Å². The third-order valence-electron chi connectivity index (χ3n) is 9.18. The molecule has 3 aromatic rings. The zero-order valence-electron chi connectivity index (χ0n) is 21.0. The second-order valence-corrected chi connectivity index (χ2v) is 15.7. The van der Waals surface area contributed by atoms with Gasteiger partial charge >= 0.3 is 0 Å². The van der Waals surface area contributed by atoms with Crippen LogP contribution in [0.5, 0.6) is 0 Å². The Kier molecular flexibility index (Phi) is 7.53. The molecule has 0 nitrogen and oxygen atoms in total. The summed E-state index contributed by atoms with van der Waals surface area (Å²) in [5.41, 5.74) is 3.08. The summed E-state index contributed by atoms with van der Waals surface area (Å²) in [5.74, 6) is 0.876. The van der Waals surface area contributed by atoms with Crippen LogP contribution in [0.25, 0.3) is 11.1 Å². The van der Waals surface area contributed by atoms with Crippen LogP contribution in [-0.2, 0) is 0 Å². The molecule has 0 N–H and O–H groups in total. The molecule has 2 fully saturated rings. The maximum absolute atomic E-state index is 13.6. The number of rotatable bonds is 6. The first-order valence-corrected chi connectivity index (χ1v) is 16.3. The largest absolute Gasteiger partial charge is 0.204 e. The van der Waals surface area contributed by atoms with E-state index < -0.39 is 19.7 Å². The summed E-state index contributed by atoms with van der Waals surface area (Å²) < 4.78 is 26.9. The first-order chi connectivity index (χ1) is 17.1. The summed E-state index contributed by atoms with van der Waals surface area (Å²) in [6.45, 7) is 2.37. The Hall–Kier alpha value is -2.26. The van der Waals surface area contributed by atoms with Gasteiger partial charge in [0.15, 0.2) is 11.6 Å². The molecule has 1 saturated heterocycles. The van der Waals surface area contributed by atoms with Gasteiger partial charge in [0.2, 0.25) is 0 Å². The number of hydrogen-bond acceptors (Lipinski definition) is 0. The van der Waals surface area contributed by atoms with Crippen molar-refractivity contribution >= 4 is 13.3 Å². The summed E-state index contributed by atoms with van der Waals surface area (Å²) in [6.07, 6.45) is 9.48. The van der Waals surface area contributed by atoms with E-state index in [1.165, 1.54) is 80.8 Å².